The molecular formula is C14H15N5OS2. The molecule has 114 valence electrons. The fourth-order valence-electron chi connectivity index (χ4n) is 1.96. The summed E-state index contributed by atoms with van der Waals surface area (Å²) in [5.41, 5.74) is 2.39. The summed E-state index contributed by atoms with van der Waals surface area (Å²) < 4.78 is 2.43. The highest BCUT2D eigenvalue weighted by Crippen LogP contribution is 2.27. The van der Waals surface area contributed by atoms with Crippen molar-refractivity contribution in [3.63, 3.8) is 0 Å². The van der Waals surface area contributed by atoms with Crippen LogP contribution in [0.1, 0.15) is 18.2 Å². The van der Waals surface area contributed by atoms with Crippen LogP contribution < -0.4 is 10.9 Å². The molecule has 1 N–H and O–H groups in total. The molecule has 8 heteroatoms. The normalized spacial score (nSPS) is 11.0. The molecule has 3 aromatic heterocycles. The number of rotatable bonds is 5. The van der Waals surface area contributed by atoms with Crippen LogP contribution in [-0.4, -0.2) is 26.1 Å². The van der Waals surface area contributed by atoms with Crippen molar-refractivity contribution in [3.05, 3.63) is 46.0 Å². The van der Waals surface area contributed by atoms with Crippen LogP contribution in [0.2, 0.25) is 0 Å². The minimum Gasteiger partial charge on any atom is -0.360 e. The van der Waals surface area contributed by atoms with Crippen molar-refractivity contribution in [2.24, 2.45) is 0 Å². The maximum Gasteiger partial charge on any atom is 0.258 e. The van der Waals surface area contributed by atoms with Crippen LogP contribution in [0.5, 0.6) is 0 Å². The SMILES string of the molecule is CCNc1nnc(SCc2cc(=O)n3cc(C)ccc3n2)s1. The second kappa shape index (κ2) is 6.45. The van der Waals surface area contributed by atoms with Gasteiger partial charge in [0.15, 0.2) is 4.34 Å². The molecule has 0 spiro atoms. The number of fused-ring (bicyclic) bond motifs is 1. The molecular weight excluding hydrogens is 318 g/mol. The van der Waals surface area contributed by atoms with Gasteiger partial charge >= 0.3 is 0 Å². The first-order valence-corrected chi connectivity index (χ1v) is 8.65. The summed E-state index contributed by atoms with van der Waals surface area (Å²) in [5.74, 6) is 0.598. The van der Waals surface area contributed by atoms with E-state index in [4.69, 9.17) is 0 Å². The first kappa shape index (κ1) is 15.0. The number of hydrogen-bond donors (Lipinski definition) is 1. The van der Waals surface area contributed by atoms with Crippen molar-refractivity contribution >= 4 is 33.9 Å². The van der Waals surface area contributed by atoms with Gasteiger partial charge in [0.25, 0.3) is 5.56 Å². The summed E-state index contributed by atoms with van der Waals surface area (Å²) in [6, 6.07) is 5.39. The van der Waals surface area contributed by atoms with E-state index in [0.29, 0.717) is 11.4 Å². The average Bonchev–Trinajstić information content (AvgIpc) is 2.94. The lowest BCUT2D eigenvalue weighted by Gasteiger charge is -2.04. The zero-order chi connectivity index (χ0) is 15.5. The summed E-state index contributed by atoms with van der Waals surface area (Å²) in [6.07, 6.45) is 1.80. The number of nitrogens with one attached hydrogen (secondary N) is 1. The molecule has 0 fully saturated rings. The van der Waals surface area contributed by atoms with Crippen LogP contribution in [0.25, 0.3) is 5.65 Å². The van der Waals surface area contributed by atoms with E-state index in [1.807, 2.05) is 26.0 Å². The van der Waals surface area contributed by atoms with Gasteiger partial charge in [-0.15, -0.1) is 10.2 Å². The van der Waals surface area contributed by atoms with Gasteiger partial charge in [-0.05, 0) is 25.5 Å². The third kappa shape index (κ3) is 3.28. The van der Waals surface area contributed by atoms with E-state index in [2.05, 4.69) is 20.5 Å². The van der Waals surface area contributed by atoms with Crippen molar-refractivity contribution < 1.29 is 0 Å². The predicted molar refractivity (Wildman–Crippen MR) is 89.8 cm³/mol. The maximum absolute atomic E-state index is 12.1. The minimum atomic E-state index is -0.0603. The highest BCUT2D eigenvalue weighted by atomic mass is 32.2. The predicted octanol–water partition coefficient (Wildman–Crippen LogP) is 2.58. The first-order valence-electron chi connectivity index (χ1n) is 6.85. The van der Waals surface area contributed by atoms with Gasteiger partial charge in [-0.25, -0.2) is 4.98 Å². The molecule has 0 atom stereocenters. The third-order valence-electron chi connectivity index (χ3n) is 2.94. The standard InChI is InChI=1S/C14H15N5OS2/c1-3-15-13-17-18-14(22-13)21-8-10-6-12(20)19-7-9(2)4-5-11(19)16-10/h4-7H,3,8H2,1-2H3,(H,15,17). The van der Waals surface area contributed by atoms with Crippen LogP contribution in [0.15, 0.2) is 33.5 Å². The van der Waals surface area contributed by atoms with E-state index >= 15 is 0 Å². The molecule has 3 aromatic rings. The monoisotopic (exact) mass is 333 g/mol. The van der Waals surface area contributed by atoms with Crippen molar-refractivity contribution in [2.45, 2.75) is 23.9 Å². The highest BCUT2D eigenvalue weighted by Gasteiger charge is 2.07. The van der Waals surface area contributed by atoms with E-state index in [1.165, 1.54) is 23.1 Å². The summed E-state index contributed by atoms with van der Waals surface area (Å²) in [5, 5.41) is 12.1. The Morgan fingerprint density at radius 1 is 1.36 bits per heavy atom. The van der Waals surface area contributed by atoms with Gasteiger partial charge in [-0.3, -0.25) is 9.20 Å². The van der Waals surface area contributed by atoms with E-state index < -0.39 is 0 Å². The number of pyridine rings is 1. The van der Waals surface area contributed by atoms with Crippen molar-refractivity contribution in [2.75, 3.05) is 11.9 Å². The lowest BCUT2D eigenvalue weighted by molar-refractivity contribution is 0.991. The van der Waals surface area contributed by atoms with Gasteiger partial charge in [0.1, 0.15) is 5.65 Å². The van der Waals surface area contributed by atoms with Gasteiger partial charge in [0.05, 0.1) is 5.69 Å². The molecule has 0 radical (unpaired) electrons. The molecule has 0 unspecified atom stereocenters. The van der Waals surface area contributed by atoms with Gasteiger partial charge < -0.3 is 5.32 Å². The van der Waals surface area contributed by atoms with Gasteiger partial charge in [-0.1, -0.05) is 29.2 Å². The first-order chi connectivity index (χ1) is 10.7. The Bertz CT molecular complexity index is 858. The van der Waals surface area contributed by atoms with E-state index in [-0.39, 0.29) is 5.56 Å². The topological polar surface area (TPSA) is 72.2 Å². The van der Waals surface area contributed by atoms with Crippen LogP contribution in [0, 0.1) is 6.92 Å². The van der Waals surface area contributed by atoms with Gasteiger partial charge in [-0.2, -0.15) is 0 Å². The largest absolute Gasteiger partial charge is 0.360 e. The molecule has 0 aromatic carbocycles. The Labute approximate surface area is 135 Å². The molecule has 0 aliphatic rings. The minimum absolute atomic E-state index is 0.0603. The van der Waals surface area contributed by atoms with Crippen molar-refractivity contribution in [1.29, 1.82) is 0 Å². The second-order valence-electron chi connectivity index (χ2n) is 4.71. The van der Waals surface area contributed by atoms with Crippen LogP contribution in [0.4, 0.5) is 5.13 Å². The van der Waals surface area contributed by atoms with Crippen molar-refractivity contribution in [1.82, 2.24) is 19.6 Å². The number of thioether (sulfide) groups is 1. The van der Waals surface area contributed by atoms with E-state index in [0.717, 1.165) is 27.3 Å². The van der Waals surface area contributed by atoms with Gasteiger partial charge in [0.2, 0.25) is 5.13 Å². The number of aromatic nitrogens is 4. The third-order valence-corrected chi connectivity index (χ3v) is 4.99. The molecule has 0 amide bonds. The number of aryl methyl sites for hydroxylation is 1. The molecule has 0 saturated heterocycles. The number of anilines is 1. The molecule has 6 nitrogen and oxygen atoms in total. The van der Waals surface area contributed by atoms with E-state index in [1.54, 1.807) is 16.7 Å². The molecule has 0 aliphatic carbocycles. The van der Waals surface area contributed by atoms with Crippen LogP contribution >= 0.6 is 23.1 Å². The fraction of sp³-hybridized carbons (Fsp3) is 0.286. The molecule has 0 aliphatic heterocycles. The molecule has 0 bridgehead atoms. The summed E-state index contributed by atoms with van der Waals surface area (Å²) in [4.78, 5) is 16.6. The lowest BCUT2D eigenvalue weighted by atomic mass is 10.3. The zero-order valence-corrected chi connectivity index (χ0v) is 13.9. The molecule has 22 heavy (non-hydrogen) atoms. The van der Waals surface area contributed by atoms with Gasteiger partial charge in [0, 0.05) is 24.6 Å². The fourth-order valence-corrected chi connectivity index (χ4v) is 3.67. The van der Waals surface area contributed by atoms with Crippen LogP contribution in [-0.2, 0) is 5.75 Å². The Morgan fingerprint density at radius 2 is 2.23 bits per heavy atom. The van der Waals surface area contributed by atoms with E-state index in [9.17, 15) is 4.79 Å². The summed E-state index contributed by atoms with van der Waals surface area (Å²) in [6.45, 7) is 4.79. The number of nitrogens with zero attached hydrogens (tertiary/aromatic N) is 4. The Morgan fingerprint density at radius 3 is 3.05 bits per heavy atom. The average molecular weight is 333 g/mol. The lowest BCUT2D eigenvalue weighted by Crippen LogP contribution is -2.15. The van der Waals surface area contributed by atoms with Crippen LogP contribution in [0.3, 0.4) is 0 Å². The van der Waals surface area contributed by atoms with Crippen molar-refractivity contribution in [3.8, 4) is 0 Å². The second-order valence-corrected chi connectivity index (χ2v) is 6.91. The zero-order valence-electron chi connectivity index (χ0n) is 12.2. The number of hydrogen-bond acceptors (Lipinski definition) is 7. The highest BCUT2D eigenvalue weighted by molar-refractivity contribution is 8.00. The molecule has 3 rings (SSSR count). The molecule has 3 heterocycles. The Hall–Kier alpha value is -1.93. The molecule has 0 saturated carbocycles. The smallest absolute Gasteiger partial charge is 0.258 e. The summed E-state index contributed by atoms with van der Waals surface area (Å²) in [7, 11) is 0. The summed E-state index contributed by atoms with van der Waals surface area (Å²) >= 11 is 3.04. The Balaban J connectivity index is 1.78. The maximum atomic E-state index is 12.1. The Kier molecular flexibility index (Phi) is 4.39. The quantitative estimate of drug-likeness (QED) is 0.724.